The third-order valence-corrected chi connectivity index (χ3v) is 3.02. The fourth-order valence-corrected chi connectivity index (χ4v) is 2.30. The van der Waals surface area contributed by atoms with Gasteiger partial charge < -0.3 is 4.57 Å². The lowest BCUT2D eigenvalue weighted by atomic mass is 9.96. The van der Waals surface area contributed by atoms with E-state index >= 15 is 0 Å². The minimum Gasteiger partial charge on any atom is -0.353 e. The van der Waals surface area contributed by atoms with E-state index in [1.165, 1.54) is 0 Å². The Morgan fingerprint density at radius 2 is 1.62 bits per heavy atom. The zero-order valence-electron chi connectivity index (χ0n) is 13.0. The molecule has 0 aliphatic carbocycles. The summed E-state index contributed by atoms with van der Waals surface area (Å²) in [5, 5.41) is 27.4. The van der Waals surface area contributed by atoms with Crippen LogP contribution in [0.15, 0.2) is 18.0 Å². The van der Waals surface area contributed by atoms with Crippen LogP contribution in [0, 0.1) is 45.8 Å². The van der Waals surface area contributed by atoms with Gasteiger partial charge in [-0.05, 0) is 23.8 Å². The summed E-state index contributed by atoms with van der Waals surface area (Å²) in [6.45, 7) is 9.31. The molecule has 0 aliphatic rings. The van der Waals surface area contributed by atoms with Gasteiger partial charge >= 0.3 is 0 Å². The molecule has 0 atom stereocenters. The molecule has 4 heteroatoms. The summed E-state index contributed by atoms with van der Waals surface area (Å²) < 4.78 is 2.04. The normalized spacial score (nSPS) is 10.0. The summed E-state index contributed by atoms with van der Waals surface area (Å²) in [7, 11) is 0. The molecule has 0 spiro atoms. The molecule has 0 bridgehead atoms. The number of aromatic nitrogens is 1. The first kappa shape index (κ1) is 16.5. The van der Waals surface area contributed by atoms with Crippen molar-refractivity contribution in [2.75, 3.05) is 0 Å². The molecule has 21 heavy (non-hydrogen) atoms. The van der Waals surface area contributed by atoms with Crippen molar-refractivity contribution in [3.63, 3.8) is 0 Å². The molecular formula is C17H20N4. The number of allylic oxidation sites excluding steroid dienone is 2. The summed E-state index contributed by atoms with van der Waals surface area (Å²) in [4.78, 5) is 0. The fraction of sp³-hybridized carbons (Fsp3) is 0.471. The van der Waals surface area contributed by atoms with Gasteiger partial charge in [-0.2, -0.15) is 15.8 Å². The molecule has 1 heterocycles. The van der Waals surface area contributed by atoms with Crippen molar-refractivity contribution in [2.45, 2.75) is 40.7 Å². The fourth-order valence-electron chi connectivity index (χ4n) is 2.30. The van der Waals surface area contributed by atoms with Crippen molar-refractivity contribution in [3.05, 3.63) is 29.1 Å². The van der Waals surface area contributed by atoms with Gasteiger partial charge in [0.25, 0.3) is 0 Å². The summed E-state index contributed by atoms with van der Waals surface area (Å²) in [5.41, 5.74) is 1.79. The standard InChI is InChI=1S/C17H20N4/c1-12(2)5-14-10-21(9-13(3)4)11-17(14)16(8-20)15(6-18)7-19/h10-13H,5,9H2,1-4H3. The monoisotopic (exact) mass is 280 g/mol. The highest BCUT2D eigenvalue weighted by atomic mass is 14.9. The van der Waals surface area contributed by atoms with Crippen molar-refractivity contribution >= 4 is 5.57 Å². The maximum absolute atomic E-state index is 9.34. The van der Waals surface area contributed by atoms with E-state index in [1.807, 2.05) is 35.2 Å². The number of nitrogens with zero attached hydrogens (tertiary/aromatic N) is 4. The highest BCUT2D eigenvalue weighted by molar-refractivity contribution is 5.85. The Kier molecular flexibility index (Phi) is 5.77. The van der Waals surface area contributed by atoms with E-state index in [1.54, 1.807) is 0 Å². The molecule has 0 aromatic carbocycles. The van der Waals surface area contributed by atoms with Gasteiger partial charge in [0, 0.05) is 24.5 Å². The highest BCUT2D eigenvalue weighted by Gasteiger charge is 2.17. The molecular weight excluding hydrogens is 260 g/mol. The van der Waals surface area contributed by atoms with Crippen molar-refractivity contribution in [1.29, 1.82) is 15.8 Å². The lowest BCUT2D eigenvalue weighted by Gasteiger charge is -2.06. The Hall–Kier alpha value is -2.51. The molecule has 1 rings (SSSR count). The summed E-state index contributed by atoms with van der Waals surface area (Å²) >= 11 is 0. The zero-order chi connectivity index (χ0) is 16.0. The van der Waals surface area contributed by atoms with Gasteiger partial charge in [0.2, 0.25) is 0 Å². The molecule has 0 amide bonds. The third-order valence-electron chi connectivity index (χ3n) is 3.02. The minimum atomic E-state index is -0.121. The highest BCUT2D eigenvalue weighted by Crippen LogP contribution is 2.26. The topological polar surface area (TPSA) is 76.3 Å². The first-order chi connectivity index (χ1) is 9.92. The van der Waals surface area contributed by atoms with Gasteiger partial charge in [0.1, 0.15) is 23.8 Å². The van der Waals surface area contributed by atoms with Crippen molar-refractivity contribution < 1.29 is 0 Å². The van der Waals surface area contributed by atoms with E-state index in [-0.39, 0.29) is 11.1 Å². The van der Waals surface area contributed by atoms with Crippen molar-refractivity contribution in [1.82, 2.24) is 4.57 Å². The smallest absolute Gasteiger partial charge is 0.148 e. The van der Waals surface area contributed by atoms with Gasteiger partial charge in [0.05, 0.1) is 5.57 Å². The molecule has 4 nitrogen and oxygen atoms in total. The van der Waals surface area contributed by atoms with Gasteiger partial charge in [-0.15, -0.1) is 0 Å². The summed E-state index contributed by atoms with van der Waals surface area (Å²) in [6.07, 6.45) is 4.72. The van der Waals surface area contributed by atoms with Gasteiger partial charge in [0.15, 0.2) is 0 Å². The van der Waals surface area contributed by atoms with Crippen LogP contribution in [0.5, 0.6) is 0 Å². The van der Waals surface area contributed by atoms with Crippen LogP contribution in [-0.4, -0.2) is 4.57 Å². The average Bonchev–Trinajstić information content (AvgIpc) is 2.76. The second-order valence-corrected chi connectivity index (χ2v) is 5.97. The molecule has 0 saturated heterocycles. The van der Waals surface area contributed by atoms with Crippen LogP contribution in [0.2, 0.25) is 0 Å². The minimum absolute atomic E-state index is 0.121. The van der Waals surface area contributed by atoms with Crippen LogP contribution in [0.1, 0.15) is 38.8 Å². The molecule has 0 radical (unpaired) electrons. The van der Waals surface area contributed by atoms with Crippen LogP contribution in [-0.2, 0) is 13.0 Å². The molecule has 1 aromatic heterocycles. The molecule has 0 saturated carbocycles. The van der Waals surface area contributed by atoms with Crippen LogP contribution >= 0.6 is 0 Å². The van der Waals surface area contributed by atoms with Gasteiger partial charge in [-0.25, -0.2) is 0 Å². The first-order valence-corrected chi connectivity index (χ1v) is 7.06. The lowest BCUT2D eigenvalue weighted by Crippen LogP contribution is -2.01. The molecule has 0 unspecified atom stereocenters. The van der Waals surface area contributed by atoms with E-state index in [9.17, 15) is 5.26 Å². The SMILES string of the molecule is CC(C)Cc1cn(CC(C)C)cc1C(C#N)=C(C#N)C#N. The first-order valence-electron chi connectivity index (χ1n) is 7.06. The Labute approximate surface area is 126 Å². The second-order valence-electron chi connectivity index (χ2n) is 5.97. The Morgan fingerprint density at radius 3 is 2.05 bits per heavy atom. The number of hydrogen-bond donors (Lipinski definition) is 0. The third kappa shape index (κ3) is 4.23. The summed E-state index contributed by atoms with van der Waals surface area (Å²) in [6, 6.07) is 5.66. The Balaban J connectivity index is 3.43. The predicted molar refractivity (Wildman–Crippen MR) is 81.6 cm³/mol. The zero-order valence-corrected chi connectivity index (χ0v) is 13.0. The molecule has 108 valence electrons. The Bertz CT molecular complexity index is 638. The molecule has 0 N–H and O–H groups in total. The van der Waals surface area contributed by atoms with Gasteiger partial charge in [-0.3, -0.25) is 0 Å². The second kappa shape index (κ2) is 7.32. The van der Waals surface area contributed by atoms with Gasteiger partial charge in [-0.1, -0.05) is 27.7 Å². The molecule has 1 aromatic rings. The van der Waals surface area contributed by atoms with Crippen molar-refractivity contribution in [2.24, 2.45) is 11.8 Å². The largest absolute Gasteiger partial charge is 0.353 e. The molecule has 0 fully saturated rings. The van der Waals surface area contributed by atoms with Crippen LogP contribution in [0.3, 0.4) is 0 Å². The average molecular weight is 280 g/mol. The van der Waals surface area contributed by atoms with E-state index in [0.717, 1.165) is 18.5 Å². The maximum Gasteiger partial charge on any atom is 0.148 e. The van der Waals surface area contributed by atoms with Crippen LogP contribution < -0.4 is 0 Å². The van der Waals surface area contributed by atoms with E-state index in [2.05, 4.69) is 27.7 Å². The predicted octanol–water partition coefficient (Wildman–Crippen LogP) is 3.67. The quantitative estimate of drug-likeness (QED) is 0.772. The van der Waals surface area contributed by atoms with Crippen LogP contribution in [0.25, 0.3) is 5.57 Å². The maximum atomic E-state index is 9.34. The number of hydrogen-bond acceptors (Lipinski definition) is 3. The van der Waals surface area contributed by atoms with E-state index < -0.39 is 0 Å². The van der Waals surface area contributed by atoms with Crippen molar-refractivity contribution in [3.8, 4) is 18.2 Å². The molecule has 0 aliphatic heterocycles. The summed E-state index contributed by atoms with van der Waals surface area (Å²) in [5.74, 6) is 0.921. The van der Waals surface area contributed by atoms with E-state index in [4.69, 9.17) is 10.5 Å². The Morgan fingerprint density at radius 1 is 1.00 bits per heavy atom. The number of rotatable bonds is 5. The lowest BCUT2D eigenvalue weighted by molar-refractivity contribution is 0.523. The number of nitriles is 3. The van der Waals surface area contributed by atoms with E-state index in [0.29, 0.717) is 17.4 Å². The van der Waals surface area contributed by atoms with Crippen LogP contribution in [0.4, 0.5) is 0 Å².